The molecule has 0 spiro atoms. The number of carbonyl (C=O) groups is 1. The molecule has 0 amide bonds. The van der Waals surface area contributed by atoms with Crippen molar-refractivity contribution in [3.63, 3.8) is 0 Å². The third kappa shape index (κ3) is 3.17. The summed E-state index contributed by atoms with van der Waals surface area (Å²) >= 11 is 1.58. The molecular formula is C24H22N2O4S. The van der Waals surface area contributed by atoms with Crippen molar-refractivity contribution in [1.29, 1.82) is 0 Å². The number of thiazole rings is 1. The molecule has 4 aromatic rings. The molecule has 0 radical (unpaired) electrons. The van der Waals surface area contributed by atoms with Gasteiger partial charge in [-0.05, 0) is 29.8 Å². The van der Waals surface area contributed by atoms with Gasteiger partial charge in [0.1, 0.15) is 23.5 Å². The van der Waals surface area contributed by atoms with E-state index in [0.717, 1.165) is 32.7 Å². The maximum Gasteiger partial charge on any atom is 0.195 e. The highest BCUT2D eigenvalue weighted by Crippen LogP contribution is 2.45. The Morgan fingerprint density at radius 2 is 2.06 bits per heavy atom. The Kier molecular flexibility index (Phi) is 4.69. The maximum atomic E-state index is 13.5. The minimum atomic E-state index is -0.946. The second-order valence-electron chi connectivity index (χ2n) is 8.28. The second-order valence-corrected chi connectivity index (χ2v) is 9.18. The quantitative estimate of drug-likeness (QED) is 0.443. The first-order chi connectivity index (χ1) is 14.9. The number of nitrogens with zero attached hydrogens (tertiary/aromatic N) is 1. The first-order valence-electron chi connectivity index (χ1n) is 10.1. The van der Waals surface area contributed by atoms with Crippen LogP contribution in [-0.4, -0.2) is 45.3 Å². The number of aliphatic hydroxyl groups is 2. The summed E-state index contributed by atoms with van der Waals surface area (Å²) in [5.74, 6) is 0.539. The highest BCUT2D eigenvalue weighted by molar-refractivity contribution is 7.13. The fraction of sp³-hybridized carbons (Fsp3) is 0.250. The van der Waals surface area contributed by atoms with E-state index in [4.69, 9.17) is 9.84 Å². The lowest BCUT2D eigenvalue weighted by atomic mass is 9.71. The average Bonchev–Trinajstić information content (AvgIpc) is 3.44. The Balaban J connectivity index is 1.60. The van der Waals surface area contributed by atoms with Crippen LogP contribution in [0.2, 0.25) is 0 Å². The highest BCUT2D eigenvalue weighted by atomic mass is 32.1. The number of H-pyrrole nitrogens is 1. The smallest absolute Gasteiger partial charge is 0.195 e. The molecule has 6 nitrogen and oxygen atoms in total. The van der Waals surface area contributed by atoms with Crippen LogP contribution in [0.1, 0.15) is 41.0 Å². The normalized spacial score (nSPS) is 15.5. The molecule has 0 saturated heterocycles. The van der Waals surface area contributed by atoms with Crippen LogP contribution in [-0.2, 0) is 5.41 Å². The van der Waals surface area contributed by atoms with Gasteiger partial charge < -0.3 is 19.9 Å². The largest absolute Gasteiger partial charge is 0.491 e. The molecule has 2 aromatic heterocycles. The van der Waals surface area contributed by atoms with Crippen LogP contribution in [0, 0.1) is 0 Å². The number of aliphatic hydroxyl groups excluding tert-OH is 2. The van der Waals surface area contributed by atoms with Crippen molar-refractivity contribution in [2.75, 3.05) is 13.2 Å². The number of aromatic amines is 1. The van der Waals surface area contributed by atoms with Crippen molar-refractivity contribution in [2.45, 2.75) is 25.4 Å². The monoisotopic (exact) mass is 434 g/mol. The predicted molar refractivity (Wildman–Crippen MR) is 120 cm³/mol. The molecule has 31 heavy (non-hydrogen) atoms. The highest BCUT2D eigenvalue weighted by Gasteiger charge is 2.39. The minimum Gasteiger partial charge on any atom is -0.491 e. The molecule has 158 valence electrons. The van der Waals surface area contributed by atoms with Crippen LogP contribution in [0.5, 0.6) is 5.75 Å². The molecule has 0 aliphatic heterocycles. The summed E-state index contributed by atoms with van der Waals surface area (Å²) in [4.78, 5) is 21.4. The molecule has 0 saturated carbocycles. The van der Waals surface area contributed by atoms with Crippen LogP contribution >= 0.6 is 11.3 Å². The van der Waals surface area contributed by atoms with Crippen molar-refractivity contribution in [3.05, 3.63) is 70.4 Å². The third-order valence-electron chi connectivity index (χ3n) is 5.89. The lowest BCUT2D eigenvalue weighted by Crippen LogP contribution is -2.30. The van der Waals surface area contributed by atoms with E-state index < -0.39 is 11.5 Å². The minimum absolute atomic E-state index is 0.0131. The summed E-state index contributed by atoms with van der Waals surface area (Å²) in [6.07, 6.45) is 0.838. The molecule has 2 aromatic carbocycles. The Bertz CT molecular complexity index is 1290. The third-order valence-corrected chi connectivity index (χ3v) is 6.71. The molecular weight excluding hydrogens is 412 g/mol. The van der Waals surface area contributed by atoms with Gasteiger partial charge in [-0.1, -0.05) is 26.0 Å². The molecule has 1 aliphatic carbocycles. The molecule has 1 atom stereocenters. The van der Waals surface area contributed by atoms with E-state index in [0.29, 0.717) is 16.9 Å². The fourth-order valence-corrected chi connectivity index (χ4v) is 4.88. The van der Waals surface area contributed by atoms with E-state index >= 15 is 0 Å². The maximum absolute atomic E-state index is 13.5. The van der Waals surface area contributed by atoms with E-state index in [2.05, 4.69) is 23.8 Å². The van der Waals surface area contributed by atoms with E-state index in [1.807, 2.05) is 29.6 Å². The number of ketones is 1. The number of nitrogens with one attached hydrogen (secondary N) is 1. The van der Waals surface area contributed by atoms with Gasteiger partial charge in [-0.3, -0.25) is 4.79 Å². The fourth-order valence-electron chi connectivity index (χ4n) is 4.24. The predicted octanol–water partition coefficient (Wildman–Crippen LogP) is 3.89. The summed E-state index contributed by atoms with van der Waals surface area (Å²) in [6, 6.07) is 11.4. The van der Waals surface area contributed by atoms with Gasteiger partial charge in [0.05, 0.1) is 12.2 Å². The molecule has 3 N–H and O–H groups in total. The van der Waals surface area contributed by atoms with Crippen molar-refractivity contribution in [1.82, 2.24) is 9.97 Å². The summed E-state index contributed by atoms with van der Waals surface area (Å²) in [5, 5.41) is 22.4. The van der Waals surface area contributed by atoms with Crippen molar-refractivity contribution >= 4 is 28.0 Å². The zero-order valence-corrected chi connectivity index (χ0v) is 18.0. The molecule has 1 aliphatic rings. The van der Waals surface area contributed by atoms with Crippen molar-refractivity contribution < 1.29 is 19.7 Å². The molecule has 0 unspecified atom stereocenters. The summed E-state index contributed by atoms with van der Waals surface area (Å²) in [5.41, 5.74) is 4.58. The summed E-state index contributed by atoms with van der Waals surface area (Å²) < 4.78 is 5.62. The molecule has 5 rings (SSSR count). The van der Waals surface area contributed by atoms with Crippen LogP contribution in [0.3, 0.4) is 0 Å². The molecule has 0 fully saturated rings. The van der Waals surface area contributed by atoms with Gasteiger partial charge in [0, 0.05) is 44.7 Å². The summed E-state index contributed by atoms with van der Waals surface area (Å²) in [7, 11) is 0. The molecule has 7 heteroatoms. The number of ether oxygens (including phenoxy) is 1. The standard InChI is InChI=1S/C24H22N2O4S/c1-24(2)18-10-15(30-12-14(28)11-27)4-6-16(18)21(29)20-17-5-3-13(23-25-7-8-31-23)9-19(17)26-22(20)24/h3-10,14,26-28H,11-12H2,1-2H3/t14-/m1/s1. The van der Waals surface area contributed by atoms with Crippen molar-refractivity contribution in [3.8, 4) is 16.3 Å². The van der Waals surface area contributed by atoms with Gasteiger partial charge in [0.15, 0.2) is 5.78 Å². The van der Waals surface area contributed by atoms with Crippen LogP contribution in [0.15, 0.2) is 48.0 Å². The van der Waals surface area contributed by atoms with Gasteiger partial charge >= 0.3 is 0 Å². The number of rotatable bonds is 5. The SMILES string of the molecule is CC1(C)c2cc(OC[C@H](O)CO)ccc2C(=O)c2c1[nH]c1cc(-c3nccs3)ccc21. The van der Waals surface area contributed by atoms with Crippen LogP contribution in [0.4, 0.5) is 0 Å². The van der Waals surface area contributed by atoms with E-state index in [-0.39, 0.29) is 19.0 Å². The Hall–Kier alpha value is -3.00. The molecule has 2 heterocycles. The van der Waals surface area contributed by atoms with Gasteiger partial charge in [0.2, 0.25) is 0 Å². The number of fused-ring (bicyclic) bond motifs is 4. The first kappa shape index (κ1) is 19.9. The number of benzene rings is 2. The van der Waals surface area contributed by atoms with Gasteiger partial charge in [-0.25, -0.2) is 4.98 Å². The van der Waals surface area contributed by atoms with E-state index in [1.165, 1.54) is 0 Å². The summed E-state index contributed by atoms with van der Waals surface area (Å²) in [6.45, 7) is 3.79. The van der Waals surface area contributed by atoms with Crippen LogP contribution < -0.4 is 4.74 Å². The number of hydrogen-bond donors (Lipinski definition) is 3. The lowest BCUT2D eigenvalue weighted by molar-refractivity contribution is 0.0535. The number of aromatic nitrogens is 2. The van der Waals surface area contributed by atoms with Gasteiger partial charge in [-0.2, -0.15) is 0 Å². The second kappa shape index (κ2) is 7.30. The Morgan fingerprint density at radius 1 is 1.23 bits per heavy atom. The molecule has 0 bridgehead atoms. The number of carbonyl (C=O) groups excluding carboxylic acids is 1. The zero-order chi connectivity index (χ0) is 21.8. The van der Waals surface area contributed by atoms with E-state index in [9.17, 15) is 9.90 Å². The van der Waals surface area contributed by atoms with E-state index in [1.54, 1.807) is 29.7 Å². The Labute approximate surface area is 183 Å². The zero-order valence-electron chi connectivity index (χ0n) is 17.2. The Morgan fingerprint density at radius 3 is 2.81 bits per heavy atom. The van der Waals surface area contributed by atoms with Gasteiger partial charge in [-0.15, -0.1) is 11.3 Å². The number of hydrogen-bond acceptors (Lipinski definition) is 6. The van der Waals surface area contributed by atoms with Gasteiger partial charge in [0.25, 0.3) is 0 Å². The first-order valence-corrected chi connectivity index (χ1v) is 10.9. The average molecular weight is 435 g/mol. The lowest BCUT2D eigenvalue weighted by Gasteiger charge is -2.32. The topological polar surface area (TPSA) is 95.4 Å². The van der Waals surface area contributed by atoms with Crippen molar-refractivity contribution in [2.24, 2.45) is 0 Å². The van der Waals surface area contributed by atoms with Crippen LogP contribution in [0.25, 0.3) is 21.5 Å².